The average molecular weight is 341 g/mol. The van der Waals surface area contributed by atoms with Crippen LogP contribution >= 0.6 is 23.2 Å². The topological polar surface area (TPSA) is 46.3 Å². The Labute approximate surface area is 141 Å². The number of halogens is 2. The molecule has 1 amide bonds. The van der Waals surface area contributed by atoms with Crippen LogP contribution in [0.5, 0.6) is 0 Å². The number of benzene rings is 1. The summed E-state index contributed by atoms with van der Waals surface area (Å²) in [5, 5.41) is 1.22. The maximum absolute atomic E-state index is 12.9. The summed E-state index contributed by atoms with van der Waals surface area (Å²) < 4.78 is 0. The second-order valence-corrected chi connectivity index (χ2v) is 7.60. The molecule has 0 spiro atoms. The maximum atomic E-state index is 12.9. The molecule has 3 nitrogen and oxygen atoms in total. The van der Waals surface area contributed by atoms with Crippen LogP contribution in [0.15, 0.2) is 12.1 Å². The summed E-state index contributed by atoms with van der Waals surface area (Å²) in [6.07, 6.45) is 4.79. The fourth-order valence-electron chi connectivity index (χ4n) is 3.75. The normalized spacial score (nSPS) is 28.4. The van der Waals surface area contributed by atoms with Crippen molar-refractivity contribution in [1.82, 2.24) is 4.90 Å². The second kappa shape index (κ2) is 6.03. The van der Waals surface area contributed by atoms with Crippen molar-refractivity contribution in [2.45, 2.75) is 51.1 Å². The number of hydrogen-bond donors (Lipinski definition) is 1. The molecule has 1 heterocycles. The van der Waals surface area contributed by atoms with Crippen molar-refractivity contribution in [1.29, 1.82) is 0 Å². The van der Waals surface area contributed by atoms with E-state index in [-0.39, 0.29) is 17.4 Å². The van der Waals surface area contributed by atoms with Gasteiger partial charge in [0.15, 0.2) is 0 Å². The maximum Gasteiger partial charge on any atom is 0.227 e. The van der Waals surface area contributed by atoms with Gasteiger partial charge in [-0.15, -0.1) is 0 Å². The van der Waals surface area contributed by atoms with Crippen molar-refractivity contribution >= 4 is 29.1 Å². The highest BCUT2D eigenvalue weighted by Gasteiger charge is 2.40. The second-order valence-electron chi connectivity index (χ2n) is 6.81. The molecule has 0 saturated heterocycles. The van der Waals surface area contributed by atoms with Crippen LogP contribution in [0.2, 0.25) is 10.0 Å². The molecule has 1 aromatic rings. The zero-order valence-electron chi connectivity index (χ0n) is 12.9. The number of amides is 1. The van der Waals surface area contributed by atoms with Crippen LogP contribution in [0.4, 0.5) is 0 Å². The smallest absolute Gasteiger partial charge is 0.227 e. The molecule has 1 aliphatic carbocycles. The van der Waals surface area contributed by atoms with Gasteiger partial charge in [-0.05, 0) is 43.4 Å². The Balaban J connectivity index is 1.79. The lowest BCUT2D eigenvalue weighted by atomic mass is 9.73. The van der Waals surface area contributed by atoms with Crippen LogP contribution in [-0.4, -0.2) is 22.9 Å². The molecule has 3 rings (SSSR count). The molecule has 1 fully saturated rings. The molecule has 2 unspecified atom stereocenters. The largest absolute Gasteiger partial charge is 0.338 e. The summed E-state index contributed by atoms with van der Waals surface area (Å²) in [6, 6.07) is 3.79. The van der Waals surface area contributed by atoms with E-state index in [2.05, 4.69) is 0 Å². The number of carbonyl (C=O) groups is 1. The molecule has 2 N–H and O–H groups in total. The Kier molecular flexibility index (Phi) is 4.41. The summed E-state index contributed by atoms with van der Waals surface area (Å²) in [7, 11) is 0. The first-order chi connectivity index (χ1) is 10.4. The first-order valence-electron chi connectivity index (χ1n) is 7.93. The third-order valence-corrected chi connectivity index (χ3v) is 5.99. The number of nitrogens with zero attached hydrogens (tertiary/aromatic N) is 1. The lowest BCUT2D eigenvalue weighted by molar-refractivity contribution is -0.139. The van der Waals surface area contributed by atoms with Gasteiger partial charge in [-0.2, -0.15) is 0 Å². The summed E-state index contributed by atoms with van der Waals surface area (Å²) >= 11 is 12.4. The number of hydrogen-bond acceptors (Lipinski definition) is 2. The predicted molar refractivity (Wildman–Crippen MR) is 90.1 cm³/mol. The van der Waals surface area contributed by atoms with Gasteiger partial charge < -0.3 is 10.6 Å². The van der Waals surface area contributed by atoms with E-state index in [9.17, 15) is 4.79 Å². The fraction of sp³-hybridized carbons (Fsp3) is 0.588. The number of carbonyl (C=O) groups excluding carboxylic acids is 1. The summed E-state index contributed by atoms with van der Waals surface area (Å²) in [5.74, 6) is 0.131. The molecule has 22 heavy (non-hydrogen) atoms. The summed E-state index contributed by atoms with van der Waals surface area (Å²) in [4.78, 5) is 14.9. The standard InChI is InChI=1S/C17H22Cl2N2O/c1-17(20)8-3-2-4-13(17)16(22)21-9-7-12-11(10-21)5-6-14(18)15(12)19/h5-6,13H,2-4,7-10,20H2,1H3. The van der Waals surface area contributed by atoms with Crippen LogP contribution in [0, 0.1) is 5.92 Å². The monoisotopic (exact) mass is 340 g/mol. The molecular formula is C17H22Cl2N2O. The van der Waals surface area contributed by atoms with Gasteiger partial charge >= 0.3 is 0 Å². The third kappa shape index (κ3) is 2.86. The van der Waals surface area contributed by atoms with Crippen LogP contribution in [0.3, 0.4) is 0 Å². The van der Waals surface area contributed by atoms with Crippen molar-refractivity contribution in [3.63, 3.8) is 0 Å². The van der Waals surface area contributed by atoms with Gasteiger partial charge in [0.25, 0.3) is 0 Å². The molecule has 120 valence electrons. The molecule has 1 saturated carbocycles. The zero-order chi connectivity index (χ0) is 15.9. The van der Waals surface area contributed by atoms with E-state index >= 15 is 0 Å². The number of nitrogens with two attached hydrogens (primary N) is 1. The van der Waals surface area contributed by atoms with Gasteiger partial charge in [-0.1, -0.05) is 42.1 Å². The Morgan fingerprint density at radius 3 is 2.86 bits per heavy atom. The van der Waals surface area contributed by atoms with E-state index in [0.29, 0.717) is 23.1 Å². The van der Waals surface area contributed by atoms with E-state index < -0.39 is 0 Å². The van der Waals surface area contributed by atoms with Crippen molar-refractivity contribution in [3.05, 3.63) is 33.3 Å². The molecule has 2 aliphatic rings. The van der Waals surface area contributed by atoms with Crippen LogP contribution in [0.1, 0.15) is 43.7 Å². The molecule has 1 aromatic carbocycles. The zero-order valence-corrected chi connectivity index (χ0v) is 14.4. The van der Waals surface area contributed by atoms with E-state index in [4.69, 9.17) is 28.9 Å². The van der Waals surface area contributed by atoms with Gasteiger partial charge in [-0.25, -0.2) is 0 Å². The molecule has 5 heteroatoms. The van der Waals surface area contributed by atoms with Gasteiger partial charge in [0, 0.05) is 18.6 Å². The first kappa shape index (κ1) is 16.1. The van der Waals surface area contributed by atoms with Crippen LogP contribution in [0.25, 0.3) is 0 Å². The molecule has 1 aliphatic heterocycles. The molecule has 0 radical (unpaired) electrons. The quantitative estimate of drug-likeness (QED) is 0.845. The minimum absolute atomic E-state index is 0.0643. The molecule has 0 aromatic heterocycles. The van der Waals surface area contributed by atoms with E-state index in [1.807, 2.05) is 24.0 Å². The molecule has 2 atom stereocenters. The Hall–Kier alpha value is -0.770. The highest BCUT2D eigenvalue weighted by molar-refractivity contribution is 6.42. The Bertz CT molecular complexity index is 601. The number of rotatable bonds is 1. The minimum Gasteiger partial charge on any atom is -0.338 e. The van der Waals surface area contributed by atoms with Crippen molar-refractivity contribution in [2.75, 3.05) is 6.54 Å². The van der Waals surface area contributed by atoms with Gasteiger partial charge in [0.05, 0.1) is 16.0 Å². The summed E-state index contributed by atoms with van der Waals surface area (Å²) in [6.45, 7) is 3.32. The van der Waals surface area contributed by atoms with Crippen LogP contribution < -0.4 is 5.73 Å². The van der Waals surface area contributed by atoms with E-state index in [1.54, 1.807) is 0 Å². The average Bonchev–Trinajstić information content (AvgIpc) is 2.49. The Morgan fingerprint density at radius 1 is 1.36 bits per heavy atom. The Morgan fingerprint density at radius 2 is 2.14 bits per heavy atom. The molecular weight excluding hydrogens is 319 g/mol. The number of fused-ring (bicyclic) bond motifs is 1. The van der Waals surface area contributed by atoms with E-state index in [0.717, 1.165) is 43.2 Å². The lowest BCUT2D eigenvalue weighted by Gasteiger charge is -2.41. The van der Waals surface area contributed by atoms with Crippen molar-refractivity contribution in [2.24, 2.45) is 11.7 Å². The fourth-order valence-corrected chi connectivity index (χ4v) is 4.21. The predicted octanol–water partition coefficient (Wildman–Crippen LogP) is 3.79. The third-order valence-electron chi connectivity index (χ3n) is 5.15. The van der Waals surface area contributed by atoms with Crippen molar-refractivity contribution < 1.29 is 4.79 Å². The highest BCUT2D eigenvalue weighted by atomic mass is 35.5. The van der Waals surface area contributed by atoms with Crippen molar-refractivity contribution in [3.8, 4) is 0 Å². The molecule has 0 bridgehead atoms. The van der Waals surface area contributed by atoms with Crippen LogP contribution in [-0.2, 0) is 17.8 Å². The highest BCUT2D eigenvalue weighted by Crippen LogP contribution is 2.36. The van der Waals surface area contributed by atoms with Gasteiger partial charge in [0.2, 0.25) is 5.91 Å². The summed E-state index contributed by atoms with van der Waals surface area (Å²) in [5.41, 5.74) is 8.18. The van der Waals surface area contributed by atoms with Gasteiger partial charge in [0.1, 0.15) is 0 Å². The first-order valence-corrected chi connectivity index (χ1v) is 8.69. The minimum atomic E-state index is -0.382. The SMILES string of the molecule is CC1(N)CCCCC1C(=O)N1CCc2c(ccc(Cl)c2Cl)C1. The van der Waals surface area contributed by atoms with Gasteiger partial charge in [-0.3, -0.25) is 4.79 Å². The lowest BCUT2D eigenvalue weighted by Crippen LogP contribution is -2.54. The van der Waals surface area contributed by atoms with E-state index in [1.165, 1.54) is 0 Å².